The van der Waals surface area contributed by atoms with E-state index in [2.05, 4.69) is 11.9 Å². The Morgan fingerprint density at radius 2 is 2.17 bits per heavy atom. The van der Waals surface area contributed by atoms with Gasteiger partial charge >= 0.3 is 0 Å². The van der Waals surface area contributed by atoms with Crippen molar-refractivity contribution >= 4 is 5.71 Å². The molecule has 0 radical (unpaired) electrons. The number of allylic oxidation sites excluding steroid dienone is 1. The van der Waals surface area contributed by atoms with E-state index in [1.165, 1.54) is 0 Å². The fourth-order valence-corrected chi connectivity index (χ4v) is 1.47. The summed E-state index contributed by atoms with van der Waals surface area (Å²) in [7, 11) is 0. The van der Waals surface area contributed by atoms with Crippen molar-refractivity contribution in [2.75, 3.05) is 0 Å². The SMILES string of the molecule is CCCC1CC(F)=C(C)C(C)=N1. The zero-order chi connectivity index (χ0) is 9.14. The minimum Gasteiger partial charge on any atom is -0.286 e. The first-order chi connectivity index (χ1) is 5.65. The van der Waals surface area contributed by atoms with Gasteiger partial charge in [-0.15, -0.1) is 0 Å². The van der Waals surface area contributed by atoms with Crippen LogP contribution in [0.2, 0.25) is 0 Å². The van der Waals surface area contributed by atoms with Gasteiger partial charge in [-0.25, -0.2) is 4.39 Å². The second-order valence-electron chi connectivity index (χ2n) is 3.39. The maximum Gasteiger partial charge on any atom is 0.107 e. The summed E-state index contributed by atoms with van der Waals surface area (Å²) < 4.78 is 13.2. The number of nitrogens with zero attached hydrogens (tertiary/aromatic N) is 1. The molecule has 2 heteroatoms. The van der Waals surface area contributed by atoms with Crippen molar-refractivity contribution < 1.29 is 4.39 Å². The van der Waals surface area contributed by atoms with E-state index < -0.39 is 0 Å². The first kappa shape index (κ1) is 9.43. The number of hydrogen-bond donors (Lipinski definition) is 0. The molecule has 1 aliphatic heterocycles. The molecule has 1 heterocycles. The van der Waals surface area contributed by atoms with Crippen molar-refractivity contribution in [3.05, 3.63) is 11.4 Å². The molecule has 0 aromatic rings. The molecule has 68 valence electrons. The Kier molecular flexibility index (Phi) is 3.01. The van der Waals surface area contributed by atoms with Crippen LogP contribution in [0.3, 0.4) is 0 Å². The van der Waals surface area contributed by atoms with E-state index in [0.29, 0.717) is 6.42 Å². The van der Waals surface area contributed by atoms with Crippen molar-refractivity contribution in [2.45, 2.75) is 46.1 Å². The van der Waals surface area contributed by atoms with E-state index in [4.69, 9.17) is 0 Å². The van der Waals surface area contributed by atoms with E-state index in [-0.39, 0.29) is 11.9 Å². The number of hydrogen-bond acceptors (Lipinski definition) is 1. The Hall–Kier alpha value is -0.660. The molecule has 0 bridgehead atoms. The van der Waals surface area contributed by atoms with Gasteiger partial charge in [0, 0.05) is 17.7 Å². The molecular formula is C10H16FN. The van der Waals surface area contributed by atoms with Gasteiger partial charge in [-0.05, 0) is 20.3 Å². The van der Waals surface area contributed by atoms with Crippen LogP contribution in [-0.2, 0) is 0 Å². The number of halogens is 1. The lowest BCUT2D eigenvalue weighted by atomic mass is 10.0. The van der Waals surface area contributed by atoms with Gasteiger partial charge in [0.1, 0.15) is 5.83 Å². The highest BCUT2D eigenvalue weighted by molar-refractivity contribution is 5.98. The smallest absolute Gasteiger partial charge is 0.107 e. The van der Waals surface area contributed by atoms with Crippen LogP contribution in [0.4, 0.5) is 4.39 Å². The van der Waals surface area contributed by atoms with Crippen LogP contribution >= 0.6 is 0 Å². The minimum absolute atomic E-state index is 0.0287. The van der Waals surface area contributed by atoms with E-state index in [0.717, 1.165) is 24.1 Å². The third-order valence-corrected chi connectivity index (χ3v) is 2.36. The van der Waals surface area contributed by atoms with Gasteiger partial charge in [0.15, 0.2) is 0 Å². The van der Waals surface area contributed by atoms with Crippen molar-refractivity contribution in [1.82, 2.24) is 0 Å². The summed E-state index contributed by atoms with van der Waals surface area (Å²) in [6, 6.07) is 0.193. The monoisotopic (exact) mass is 169 g/mol. The average molecular weight is 169 g/mol. The predicted molar refractivity (Wildman–Crippen MR) is 50.2 cm³/mol. The van der Waals surface area contributed by atoms with Crippen LogP contribution < -0.4 is 0 Å². The first-order valence-corrected chi connectivity index (χ1v) is 4.55. The highest BCUT2D eigenvalue weighted by atomic mass is 19.1. The molecule has 0 aliphatic carbocycles. The van der Waals surface area contributed by atoms with Crippen LogP contribution in [0.1, 0.15) is 40.0 Å². The van der Waals surface area contributed by atoms with Gasteiger partial charge in [0.2, 0.25) is 0 Å². The van der Waals surface area contributed by atoms with E-state index in [1.54, 1.807) is 6.92 Å². The minimum atomic E-state index is 0.0287. The van der Waals surface area contributed by atoms with Crippen LogP contribution in [0.15, 0.2) is 16.4 Å². The van der Waals surface area contributed by atoms with Gasteiger partial charge in [-0.3, -0.25) is 4.99 Å². The molecule has 0 fully saturated rings. The van der Waals surface area contributed by atoms with Crippen molar-refractivity contribution in [3.63, 3.8) is 0 Å². The third kappa shape index (κ3) is 1.93. The highest BCUT2D eigenvalue weighted by Gasteiger charge is 2.17. The number of dihydropyridines is 1. The molecule has 1 unspecified atom stereocenters. The Balaban J connectivity index is 2.70. The fraction of sp³-hybridized carbons (Fsp3) is 0.700. The maximum absolute atomic E-state index is 13.2. The van der Waals surface area contributed by atoms with Crippen LogP contribution in [-0.4, -0.2) is 11.8 Å². The molecular weight excluding hydrogens is 153 g/mol. The zero-order valence-corrected chi connectivity index (χ0v) is 8.02. The van der Waals surface area contributed by atoms with Crippen molar-refractivity contribution in [3.8, 4) is 0 Å². The largest absolute Gasteiger partial charge is 0.286 e. The molecule has 0 amide bonds. The quantitative estimate of drug-likeness (QED) is 0.601. The number of rotatable bonds is 2. The van der Waals surface area contributed by atoms with E-state index in [9.17, 15) is 4.39 Å². The summed E-state index contributed by atoms with van der Waals surface area (Å²) in [5, 5.41) is 0. The second-order valence-corrected chi connectivity index (χ2v) is 3.39. The predicted octanol–water partition coefficient (Wildman–Crippen LogP) is 3.26. The Morgan fingerprint density at radius 3 is 2.67 bits per heavy atom. The average Bonchev–Trinajstić information content (AvgIpc) is 2.01. The lowest BCUT2D eigenvalue weighted by Gasteiger charge is -2.18. The standard InChI is InChI=1S/C10H16FN/c1-4-5-9-6-10(11)7(2)8(3)12-9/h9H,4-6H2,1-3H3. The second kappa shape index (κ2) is 3.83. The summed E-state index contributed by atoms with van der Waals surface area (Å²) in [6.07, 6.45) is 2.59. The normalized spacial score (nSPS) is 24.3. The molecule has 1 rings (SSSR count). The van der Waals surface area contributed by atoms with Gasteiger partial charge in [-0.1, -0.05) is 13.3 Å². The molecule has 1 nitrogen and oxygen atoms in total. The Labute approximate surface area is 73.4 Å². The molecule has 1 aliphatic rings. The van der Waals surface area contributed by atoms with Crippen LogP contribution in [0.5, 0.6) is 0 Å². The lowest BCUT2D eigenvalue weighted by Crippen LogP contribution is -2.14. The summed E-state index contributed by atoms with van der Waals surface area (Å²) in [4.78, 5) is 4.42. The molecule has 0 aromatic carbocycles. The Morgan fingerprint density at radius 1 is 1.50 bits per heavy atom. The fourth-order valence-electron chi connectivity index (χ4n) is 1.47. The zero-order valence-electron chi connectivity index (χ0n) is 8.02. The van der Waals surface area contributed by atoms with Gasteiger partial charge in [0.25, 0.3) is 0 Å². The number of aliphatic imine (C=N–C) groups is 1. The van der Waals surface area contributed by atoms with Crippen molar-refractivity contribution in [1.29, 1.82) is 0 Å². The molecule has 0 spiro atoms. The summed E-state index contributed by atoms with van der Waals surface area (Å²) in [5.74, 6) is 0.0287. The molecule has 12 heavy (non-hydrogen) atoms. The van der Waals surface area contributed by atoms with Crippen LogP contribution in [0, 0.1) is 0 Å². The molecule has 0 N–H and O–H groups in total. The summed E-state index contributed by atoms with van der Waals surface area (Å²) in [6.45, 7) is 5.79. The van der Waals surface area contributed by atoms with Gasteiger partial charge in [0.05, 0.1) is 6.04 Å². The van der Waals surface area contributed by atoms with E-state index >= 15 is 0 Å². The van der Waals surface area contributed by atoms with Crippen molar-refractivity contribution in [2.24, 2.45) is 4.99 Å². The molecule has 0 saturated heterocycles. The molecule has 0 aromatic heterocycles. The highest BCUT2D eigenvalue weighted by Crippen LogP contribution is 2.24. The van der Waals surface area contributed by atoms with Gasteiger partial charge in [-0.2, -0.15) is 0 Å². The molecule has 0 saturated carbocycles. The Bertz CT molecular complexity index is 228. The van der Waals surface area contributed by atoms with E-state index in [1.807, 2.05) is 6.92 Å². The third-order valence-electron chi connectivity index (χ3n) is 2.36. The maximum atomic E-state index is 13.2. The first-order valence-electron chi connectivity index (χ1n) is 4.55. The topological polar surface area (TPSA) is 12.4 Å². The van der Waals surface area contributed by atoms with Gasteiger partial charge < -0.3 is 0 Å². The summed E-state index contributed by atoms with van der Waals surface area (Å²) >= 11 is 0. The lowest BCUT2D eigenvalue weighted by molar-refractivity contribution is 0.500. The van der Waals surface area contributed by atoms with Crippen LogP contribution in [0.25, 0.3) is 0 Å². The molecule has 1 atom stereocenters. The summed E-state index contributed by atoms with van der Waals surface area (Å²) in [5.41, 5.74) is 1.61.